The van der Waals surface area contributed by atoms with E-state index in [9.17, 15) is 12.6 Å². The molecule has 2 aromatic carbocycles. The number of hydrogen-bond donors (Lipinski definition) is 1. The average molecular weight is 341 g/mol. The van der Waals surface area contributed by atoms with Crippen LogP contribution in [0.2, 0.25) is 0 Å². The second-order valence-corrected chi connectivity index (χ2v) is 7.16. The largest absolute Gasteiger partial charge is 0.497 e. The molecule has 2 rings (SSSR count). The lowest BCUT2D eigenvalue weighted by atomic mass is 10.3. The zero-order valence-electron chi connectivity index (χ0n) is 12.0. The van der Waals surface area contributed by atoms with Crippen LogP contribution >= 0.6 is 0 Å². The SMILES string of the molecule is COc1ccc(S(=O)(=O)Nc2ccc(S(=O)OC)cc2)cc1. The smallest absolute Gasteiger partial charge is 0.261 e. The summed E-state index contributed by atoms with van der Waals surface area (Å²) < 4.78 is 48.0. The van der Waals surface area contributed by atoms with Gasteiger partial charge in [-0.25, -0.2) is 12.6 Å². The molecule has 0 heterocycles. The number of methoxy groups -OCH3 is 1. The first-order valence-corrected chi connectivity index (χ1v) is 8.75. The monoisotopic (exact) mass is 341 g/mol. The highest BCUT2D eigenvalue weighted by Gasteiger charge is 2.14. The number of anilines is 1. The van der Waals surface area contributed by atoms with Crippen LogP contribution in [0.4, 0.5) is 5.69 Å². The van der Waals surface area contributed by atoms with Crippen LogP contribution in [0.25, 0.3) is 0 Å². The molecule has 118 valence electrons. The Labute approximate surface area is 131 Å². The number of ether oxygens (including phenoxy) is 1. The van der Waals surface area contributed by atoms with E-state index < -0.39 is 21.1 Å². The molecule has 0 aromatic heterocycles. The summed E-state index contributed by atoms with van der Waals surface area (Å²) in [6, 6.07) is 12.2. The number of benzene rings is 2. The summed E-state index contributed by atoms with van der Waals surface area (Å²) in [6.45, 7) is 0. The Morgan fingerprint density at radius 2 is 1.55 bits per heavy atom. The van der Waals surface area contributed by atoms with Crippen LogP contribution in [-0.2, 0) is 25.3 Å². The lowest BCUT2D eigenvalue weighted by molar-refractivity contribution is 0.414. The Kier molecular flexibility index (Phi) is 5.17. The van der Waals surface area contributed by atoms with E-state index in [1.54, 1.807) is 12.1 Å². The van der Waals surface area contributed by atoms with E-state index >= 15 is 0 Å². The lowest BCUT2D eigenvalue weighted by Gasteiger charge is -2.09. The third-order valence-corrected chi connectivity index (χ3v) is 5.18. The van der Waals surface area contributed by atoms with E-state index in [1.807, 2.05) is 0 Å². The maximum Gasteiger partial charge on any atom is 0.261 e. The topological polar surface area (TPSA) is 81.7 Å². The normalized spacial score (nSPS) is 12.6. The highest BCUT2D eigenvalue weighted by atomic mass is 32.2. The zero-order chi connectivity index (χ0) is 16.2. The molecular formula is C14H15NO5S2. The fraction of sp³-hybridized carbons (Fsp3) is 0.143. The fourth-order valence-corrected chi connectivity index (χ4v) is 3.31. The van der Waals surface area contributed by atoms with Crippen molar-refractivity contribution < 1.29 is 21.5 Å². The Bertz CT molecular complexity index is 755. The molecule has 0 aliphatic heterocycles. The highest BCUT2D eigenvalue weighted by molar-refractivity contribution is 7.92. The molecule has 1 atom stereocenters. The molecule has 8 heteroatoms. The molecule has 0 aliphatic carbocycles. The third kappa shape index (κ3) is 3.85. The van der Waals surface area contributed by atoms with Gasteiger partial charge in [0, 0.05) is 5.69 Å². The molecule has 0 spiro atoms. The first-order valence-electron chi connectivity index (χ1n) is 6.19. The van der Waals surface area contributed by atoms with Gasteiger partial charge in [0.15, 0.2) is 11.1 Å². The van der Waals surface area contributed by atoms with Crippen molar-refractivity contribution in [3.05, 3.63) is 48.5 Å². The van der Waals surface area contributed by atoms with E-state index in [-0.39, 0.29) is 4.90 Å². The summed E-state index contributed by atoms with van der Waals surface area (Å²) in [7, 11) is -0.853. The van der Waals surface area contributed by atoms with Gasteiger partial charge < -0.3 is 4.74 Å². The lowest BCUT2D eigenvalue weighted by Crippen LogP contribution is -2.12. The number of rotatable bonds is 6. The molecule has 0 amide bonds. The minimum Gasteiger partial charge on any atom is -0.497 e. The summed E-state index contributed by atoms with van der Waals surface area (Å²) in [6.07, 6.45) is 0. The molecule has 0 saturated heterocycles. The Morgan fingerprint density at radius 1 is 0.955 bits per heavy atom. The molecular weight excluding hydrogens is 326 g/mol. The molecule has 0 saturated carbocycles. The molecule has 1 N–H and O–H groups in total. The second-order valence-electron chi connectivity index (χ2n) is 4.21. The van der Waals surface area contributed by atoms with Crippen molar-refractivity contribution in [1.29, 1.82) is 0 Å². The zero-order valence-corrected chi connectivity index (χ0v) is 13.6. The van der Waals surface area contributed by atoms with Crippen LogP contribution < -0.4 is 9.46 Å². The Morgan fingerprint density at radius 3 is 2.05 bits per heavy atom. The van der Waals surface area contributed by atoms with Gasteiger partial charge in [0.2, 0.25) is 0 Å². The van der Waals surface area contributed by atoms with Crippen molar-refractivity contribution >= 4 is 26.8 Å². The molecule has 2 aromatic rings. The number of nitrogens with one attached hydrogen (secondary N) is 1. The number of hydrogen-bond acceptors (Lipinski definition) is 5. The molecule has 0 bridgehead atoms. The first-order chi connectivity index (χ1) is 10.5. The minimum atomic E-state index is -3.69. The van der Waals surface area contributed by atoms with Crippen LogP contribution in [0, 0.1) is 0 Å². The van der Waals surface area contributed by atoms with Crippen LogP contribution in [-0.4, -0.2) is 26.8 Å². The van der Waals surface area contributed by atoms with Crippen molar-refractivity contribution in [3.63, 3.8) is 0 Å². The van der Waals surface area contributed by atoms with E-state index in [4.69, 9.17) is 4.74 Å². The third-order valence-electron chi connectivity index (χ3n) is 2.82. The Balaban J connectivity index is 2.19. The maximum atomic E-state index is 12.2. The maximum absolute atomic E-state index is 12.2. The van der Waals surface area contributed by atoms with Gasteiger partial charge in [-0.15, -0.1) is 0 Å². The van der Waals surface area contributed by atoms with Crippen molar-refractivity contribution in [2.24, 2.45) is 0 Å². The van der Waals surface area contributed by atoms with Gasteiger partial charge in [0.25, 0.3) is 10.0 Å². The van der Waals surface area contributed by atoms with Gasteiger partial charge in [-0.2, -0.15) is 0 Å². The predicted molar refractivity (Wildman–Crippen MR) is 83.7 cm³/mol. The van der Waals surface area contributed by atoms with Crippen molar-refractivity contribution in [1.82, 2.24) is 0 Å². The van der Waals surface area contributed by atoms with Crippen LogP contribution in [0.5, 0.6) is 5.75 Å². The van der Waals surface area contributed by atoms with Gasteiger partial charge in [0.1, 0.15) is 5.75 Å². The van der Waals surface area contributed by atoms with Crippen molar-refractivity contribution in [3.8, 4) is 5.75 Å². The van der Waals surface area contributed by atoms with E-state index in [2.05, 4.69) is 8.91 Å². The van der Waals surface area contributed by atoms with Crippen molar-refractivity contribution in [2.45, 2.75) is 9.79 Å². The molecule has 0 aliphatic rings. The summed E-state index contributed by atoms with van der Waals surface area (Å²) in [5.74, 6) is 0.574. The Hall–Kier alpha value is -1.90. The molecule has 22 heavy (non-hydrogen) atoms. The standard InChI is InChI=1S/C14H15NO5S2/c1-19-12-5-9-14(10-6-12)22(17,18)15-11-3-7-13(8-4-11)21(16)20-2/h3-10,15H,1-2H3. The van der Waals surface area contributed by atoms with Gasteiger partial charge >= 0.3 is 0 Å². The molecule has 0 fully saturated rings. The number of sulfonamides is 1. The average Bonchev–Trinajstić information content (AvgIpc) is 2.54. The summed E-state index contributed by atoms with van der Waals surface area (Å²) in [5, 5.41) is 0. The summed E-state index contributed by atoms with van der Waals surface area (Å²) in [4.78, 5) is 0.577. The van der Waals surface area contributed by atoms with E-state index in [0.717, 1.165) is 0 Å². The van der Waals surface area contributed by atoms with Crippen LogP contribution in [0.3, 0.4) is 0 Å². The predicted octanol–water partition coefficient (Wildman–Crippen LogP) is 2.17. The highest BCUT2D eigenvalue weighted by Crippen LogP contribution is 2.20. The minimum absolute atomic E-state index is 0.123. The summed E-state index contributed by atoms with van der Waals surface area (Å²) in [5.41, 5.74) is 0.368. The van der Waals surface area contributed by atoms with Crippen LogP contribution in [0.1, 0.15) is 0 Å². The second kappa shape index (κ2) is 6.91. The van der Waals surface area contributed by atoms with Crippen LogP contribution in [0.15, 0.2) is 58.3 Å². The summed E-state index contributed by atoms with van der Waals surface area (Å²) >= 11 is -1.55. The quantitative estimate of drug-likeness (QED) is 0.871. The fourth-order valence-electron chi connectivity index (χ4n) is 1.70. The molecule has 6 nitrogen and oxygen atoms in total. The van der Waals surface area contributed by atoms with Gasteiger partial charge in [0.05, 0.1) is 24.0 Å². The molecule has 1 unspecified atom stereocenters. The van der Waals surface area contributed by atoms with Gasteiger partial charge in [-0.05, 0) is 48.5 Å². The van der Waals surface area contributed by atoms with E-state index in [0.29, 0.717) is 16.3 Å². The van der Waals surface area contributed by atoms with E-state index in [1.165, 1.54) is 50.6 Å². The molecule has 0 radical (unpaired) electrons. The van der Waals surface area contributed by atoms with Crippen molar-refractivity contribution in [2.75, 3.05) is 18.9 Å². The van der Waals surface area contributed by atoms with Gasteiger partial charge in [-0.3, -0.25) is 8.91 Å². The first kappa shape index (κ1) is 16.5. The van der Waals surface area contributed by atoms with Gasteiger partial charge in [-0.1, -0.05) is 0 Å².